The van der Waals surface area contributed by atoms with E-state index in [4.69, 9.17) is 16.1 Å². The molecule has 0 saturated heterocycles. The number of benzene rings is 2. The summed E-state index contributed by atoms with van der Waals surface area (Å²) in [5, 5.41) is 17.9. The summed E-state index contributed by atoms with van der Waals surface area (Å²) in [5.41, 5.74) is 2.09. The van der Waals surface area contributed by atoms with Gasteiger partial charge >= 0.3 is 5.97 Å². The smallest absolute Gasteiger partial charge is 0.345 e. The van der Waals surface area contributed by atoms with Crippen molar-refractivity contribution in [2.45, 2.75) is 11.8 Å². The Labute approximate surface area is 153 Å². The highest BCUT2D eigenvalue weighted by Gasteiger charge is 2.07. The summed E-state index contributed by atoms with van der Waals surface area (Å²) < 4.78 is 4.43. The number of phenolic OH excluding ortho intramolecular Hbond substituents is 1. The minimum Gasteiger partial charge on any atom is -0.508 e. The van der Waals surface area contributed by atoms with Crippen LogP contribution >= 0.6 is 23.4 Å². The van der Waals surface area contributed by atoms with Gasteiger partial charge in [0.25, 0.3) is 0 Å². The highest BCUT2D eigenvalue weighted by Crippen LogP contribution is 2.29. The molecule has 0 aliphatic carbocycles. The Bertz CT molecular complexity index is 831. The molecule has 5 nitrogen and oxygen atoms in total. The number of thiophene rings is 1. The fraction of sp³-hybridized carbons (Fsp3) is 0.0556. The largest absolute Gasteiger partial charge is 0.508 e. The highest BCUT2D eigenvalue weighted by molar-refractivity contribution is 7.94. The van der Waals surface area contributed by atoms with Crippen LogP contribution < -0.4 is 5.90 Å². The maximum absolute atomic E-state index is 10.7. The predicted octanol–water partition coefficient (Wildman–Crippen LogP) is 4.71. The van der Waals surface area contributed by atoms with Gasteiger partial charge in [-0.25, -0.2) is 15.0 Å². The highest BCUT2D eigenvalue weighted by atomic mass is 32.2. The molecule has 25 heavy (non-hydrogen) atoms. The number of rotatable bonds is 4. The number of aromatic hydroxyl groups is 1. The van der Waals surface area contributed by atoms with Gasteiger partial charge in [0, 0.05) is 9.77 Å². The molecular weight excluding hydrogens is 358 g/mol. The third kappa shape index (κ3) is 5.61. The Kier molecular flexibility index (Phi) is 7.03. The first kappa shape index (κ1) is 19.0. The van der Waals surface area contributed by atoms with Gasteiger partial charge in [0.2, 0.25) is 0 Å². The Morgan fingerprint density at radius 2 is 1.76 bits per heavy atom. The van der Waals surface area contributed by atoms with Crippen LogP contribution in [0, 0.1) is 6.92 Å². The van der Waals surface area contributed by atoms with E-state index in [1.165, 1.54) is 28.9 Å². The molecule has 0 saturated carbocycles. The van der Waals surface area contributed by atoms with Crippen molar-refractivity contribution >= 4 is 29.3 Å². The topological polar surface area (TPSA) is 92.8 Å². The molecule has 0 bridgehead atoms. The van der Waals surface area contributed by atoms with Crippen molar-refractivity contribution in [1.82, 2.24) is 0 Å². The van der Waals surface area contributed by atoms with Crippen molar-refractivity contribution < 1.29 is 19.3 Å². The van der Waals surface area contributed by atoms with E-state index in [0.29, 0.717) is 4.88 Å². The lowest BCUT2D eigenvalue weighted by atomic mass is 10.2. The van der Waals surface area contributed by atoms with E-state index in [-0.39, 0.29) is 5.75 Å². The van der Waals surface area contributed by atoms with Crippen molar-refractivity contribution in [2.75, 3.05) is 0 Å². The summed E-state index contributed by atoms with van der Waals surface area (Å²) in [5.74, 6) is 4.18. The quantitative estimate of drug-likeness (QED) is 0.452. The van der Waals surface area contributed by atoms with Crippen LogP contribution in [0.1, 0.15) is 15.2 Å². The molecule has 4 N–H and O–H groups in total. The van der Waals surface area contributed by atoms with E-state index in [1.807, 2.05) is 31.2 Å². The van der Waals surface area contributed by atoms with Gasteiger partial charge in [-0.2, -0.15) is 0 Å². The predicted molar refractivity (Wildman–Crippen MR) is 101 cm³/mol. The van der Waals surface area contributed by atoms with Gasteiger partial charge < -0.3 is 10.2 Å². The summed E-state index contributed by atoms with van der Waals surface area (Å²) >= 11 is 2.40. The summed E-state index contributed by atoms with van der Waals surface area (Å²) in [6.45, 7) is 2.02. The fourth-order valence-corrected chi connectivity index (χ4v) is 3.22. The zero-order valence-electron chi connectivity index (χ0n) is 13.4. The van der Waals surface area contributed by atoms with Crippen LogP contribution in [-0.2, 0) is 4.28 Å². The molecule has 0 spiro atoms. The molecule has 0 amide bonds. The minimum atomic E-state index is -0.912. The van der Waals surface area contributed by atoms with Gasteiger partial charge in [-0.3, -0.25) is 0 Å². The molecule has 0 aliphatic rings. The second kappa shape index (κ2) is 9.24. The van der Waals surface area contributed by atoms with Crippen molar-refractivity contribution in [1.29, 1.82) is 0 Å². The van der Waals surface area contributed by atoms with Gasteiger partial charge in [0.15, 0.2) is 0 Å². The Morgan fingerprint density at radius 3 is 2.32 bits per heavy atom. The van der Waals surface area contributed by atoms with E-state index < -0.39 is 5.97 Å². The van der Waals surface area contributed by atoms with E-state index in [0.717, 1.165) is 15.3 Å². The molecule has 1 aromatic heterocycles. The first-order chi connectivity index (χ1) is 12.0. The zero-order chi connectivity index (χ0) is 18.2. The lowest BCUT2D eigenvalue weighted by molar-refractivity contribution is 0.0702. The van der Waals surface area contributed by atoms with Crippen molar-refractivity contribution in [3.05, 3.63) is 71.1 Å². The van der Waals surface area contributed by atoms with E-state index in [2.05, 4.69) is 4.28 Å². The second-order valence-corrected chi connectivity index (χ2v) is 6.84. The van der Waals surface area contributed by atoms with Gasteiger partial charge in [-0.1, -0.05) is 18.2 Å². The molecule has 0 atom stereocenters. The zero-order valence-corrected chi connectivity index (χ0v) is 15.0. The number of aromatic carboxylic acids is 1. The van der Waals surface area contributed by atoms with Gasteiger partial charge in [0.05, 0.1) is 12.0 Å². The maximum Gasteiger partial charge on any atom is 0.345 e. The summed E-state index contributed by atoms with van der Waals surface area (Å²) in [4.78, 5) is 12.9. The van der Waals surface area contributed by atoms with Crippen LogP contribution in [0.5, 0.6) is 5.75 Å². The molecule has 0 fully saturated rings. The number of hydrogen-bond acceptors (Lipinski definition) is 6. The van der Waals surface area contributed by atoms with Crippen LogP contribution in [0.15, 0.2) is 65.6 Å². The average Bonchev–Trinajstić information content (AvgIpc) is 3.09. The monoisotopic (exact) mass is 375 g/mol. The molecule has 2 aromatic carbocycles. The number of carboxylic acid groups (broad SMARTS) is 1. The number of carboxylic acids is 1. The third-order valence-corrected chi connectivity index (χ3v) is 5.06. The van der Waals surface area contributed by atoms with Crippen LogP contribution in [0.3, 0.4) is 0 Å². The molecule has 3 rings (SSSR count). The minimum absolute atomic E-state index is 0.203. The number of carbonyl (C=O) groups is 1. The lowest BCUT2D eigenvalue weighted by Crippen LogP contribution is -1.89. The summed E-state index contributed by atoms with van der Waals surface area (Å²) in [7, 11) is 0. The summed E-state index contributed by atoms with van der Waals surface area (Å²) in [6.07, 6.45) is 0. The first-order valence-corrected chi connectivity index (χ1v) is 8.78. The number of hydrogen-bond donors (Lipinski definition) is 3. The van der Waals surface area contributed by atoms with Crippen LogP contribution in [0.4, 0.5) is 0 Å². The normalized spacial score (nSPS) is 10.0. The number of nitrogens with two attached hydrogens (primary N) is 1. The van der Waals surface area contributed by atoms with Crippen LogP contribution in [0.2, 0.25) is 0 Å². The van der Waals surface area contributed by atoms with E-state index in [9.17, 15) is 4.79 Å². The summed E-state index contributed by atoms with van der Waals surface area (Å²) in [6, 6.07) is 17.9. The van der Waals surface area contributed by atoms with Crippen molar-refractivity contribution in [3.63, 3.8) is 0 Å². The Hall–Kier alpha value is -2.32. The lowest BCUT2D eigenvalue weighted by Gasteiger charge is -1.99. The molecule has 0 aliphatic heterocycles. The molecular formula is C18H17NO4S2. The van der Waals surface area contributed by atoms with Gasteiger partial charge in [-0.05, 0) is 60.5 Å². The van der Waals surface area contributed by atoms with Crippen LogP contribution in [0.25, 0.3) is 10.4 Å². The molecule has 0 radical (unpaired) electrons. The average molecular weight is 375 g/mol. The third-order valence-electron chi connectivity index (χ3n) is 3.20. The maximum atomic E-state index is 10.7. The van der Waals surface area contributed by atoms with E-state index in [1.54, 1.807) is 36.4 Å². The number of phenols is 1. The second-order valence-electron chi connectivity index (χ2n) is 4.96. The van der Waals surface area contributed by atoms with Crippen molar-refractivity contribution in [2.24, 2.45) is 5.90 Å². The Morgan fingerprint density at radius 1 is 1.08 bits per heavy atom. The van der Waals surface area contributed by atoms with Gasteiger partial charge in [0.1, 0.15) is 10.6 Å². The Balaban J connectivity index is 0.000000196. The molecule has 1 heterocycles. The van der Waals surface area contributed by atoms with Gasteiger partial charge in [-0.15, -0.1) is 11.3 Å². The van der Waals surface area contributed by atoms with E-state index >= 15 is 0 Å². The SMILES string of the molecule is Cc1ccccc1SON.O=C(O)c1ccc(-c2ccc(O)cc2)s1. The molecule has 3 aromatic rings. The molecule has 130 valence electrons. The molecule has 7 heteroatoms. The standard InChI is InChI=1S/C11H8O3S.C7H9NOS/c12-8-3-1-7(2-4-8)9-5-6-10(15-9)11(13)14;1-6-4-2-3-5-7(6)10-9-8/h1-6,12H,(H,13,14);2-5H,8H2,1H3. The van der Waals surface area contributed by atoms with Crippen molar-refractivity contribution in [3.8, 4) is 16.2 Å². The fourth-order valence-electron chi connectivity index (χ4n) is 1.94. The number of aryl methyl sites for hydroxylation is 1. The first-order valence-electron chi connectivity index (χ1n) is 7.23. The molecule has 0 unspecified atom stereocenters. The van der Waals surface area contributed by atoms with Crippen LogP contribution in [-0.4, -0.2) is 16.2 Å².